The minimum Gasteiger partial charge on any atom is -0.547 e. The average molecular weight is 396 g/mol. The van der Waals surface area contributed by atoms with Crippen molar-refractivity contribution in [1.29, 1.82) is 0 Å². The number of carboxylic acid groups (broad SMARTS) is 1. The van der Waals surface area contributed by atoms with Crippen molar-refractivity contribution >= 4 is 5.97 Å². The minimum atomic E-state index is -2.33. The molecule has 7 unspecified atom stereocenters. The van der Waals surface area contributed by atoms with Gasteiger partial charge < -0.3 is 55.1 Å². The van der Waals surface area contributed by atoms with Crippen LogP contribution in [-0.4, -0.2) is 104 Å². The molecule has 0 radical (unpaired) electrons. The largest absolute Gasteiger partial charge is 1.00 e. The summed E-state index contributed by atoms with van der Waals surface area (Å²) in [6.45, 7) is -0.801. The fourth-order valence-electron chi connectivity index (χ4n) is 1.74. The predicted molar refractivity (Wildman–Crippen MR) is 74.1 cm³/mol. The van der Waals surface area contributed by atoms with Crippen molar-refractivity contribution in [2.24, 2.45) is 0 Å². The quantitative estimate of drug-likeness (QED) is 0.115. The topological polar surface area (TPSA) is 200 Å². The first-order valence-electron chi connectivity index (χ1n) is 7.26. The summed E-state index contributed by atoms with van der Waals surface area (Å²) in [5.74, 6) is -1.98. The monoisotopic (exact) mass is 396 g/mol. The summed E-state index contributed by atoms with van der Waals surface area (Å²) < 4.78 is 10.3. The number of aliphatic hydroxyl groups excluding tert-OH is 7. The van der Waals surface area contributed by atoms with Gasteiger partial charge in [-0.15, -0.1) is 0 Å². The Morgan fingerprint density at radius 2 is 1.52 bits per heavy atom. The van der Waals surface area contributed by atoms with Crippen LogP contribution in [0.25, 0.3) is 0 Å². The number of ether oxygens (including phenoxy) is 2. The first kappa shape index (κ1) is 28.0. The van der Waals surface area contributed by atoms with Crippen molar-refractivity contribution in [2.45, 2.75) is 56.3 Å². The Balaban J connectivity index is 0. The first-order valence-corrected chi connectivity index (χ1v) is 7.26. The third-order valence-corrected chi connectivity index (χ3v) is 3.20. The maximum atomic E-state index is 10.6. The molecule has 0 heterocycles. The Hall–Kier alpha value is 0.746. The second-order valence-corrected chi connectivity index (χ2v) is 5.16. The van der Waals surface area contributed by atoms with Crippen molar-refractivity contribution in [3.05, 3.63) is 0 Å². The van der Waals surface area contributed by atoms with E-state index in [-0.39, 0.29) is 57.8 Å². The Morgan fingerprint density at radius 3 is 1.88 bits per heavy atom. The number of aliphatic hydroxyl groups is 7. The number of rotatable bonds is 13. The average Bonchev–Trinajstić information content (AvgIpc) is 2.54. The molecule has 7 atom stereocenters. The van der Waals surface area contributed by atoms with E-state index < -0.39 is 68.7 Å². The molecule has 0 aliphatic heterocycles. The van der Waals surface area contributed by atoms with Crippen LogP contribution in [-0.2, 0) is 14.3 Å². The SMILES string of the molecule is CC(O)C(CO)OC(OC(CCO)C(O)C(O)C(=O)[O-])C(O)CO.[K+]. The van der Waals surface area contributed by atoms with Crippen molar-refractivity contribution in [3.8, 4) is 0 Å². The maximum absolute atomic E-state index is 10.6. The van der Waals surface area contributed by atoms with Crippen LogP contribution in [0.5, 0.6) is 0 Å². The van der Waals surface area contributed by atoms with E-state index in [0.717, 1.165) is 0 Å². The van der Waals surface area contributed by atoms with Gasteiger partial charge in [-0.3, -0.25) is 0 Å². The molecule has 0 aliphatic rings. The van der Waals surface area contributed by atoms with Crippen molar-refractivity contribution in [1.82, 2.24) is 0 Å². The second kappa shape index (κ2) is 14.8. The van der Waals surface area contributed by atoms with Crippen molar-refractivity contribution in [2.75, 3.05) is 19.8 Å². The summed E-state index contributed by atoms with van der Waals surface area (Å²) in [4.78, 5) is 10.6. The standard InChI is InChI=1S/C13H26O11.K/c1-6(17)9(5-16)24-13(7(18)4-15)23-8(2-3-14)10(19)11(20)12(21)22;/h6-11,13-20H,2-5H2,1H3,(H,21,22);/q;+1/p-1. The van der Waals surface area contributed by atoms with Crippen LogP contribution in [0.1, 0.15) is 13.3 Å². The molecule has 0 fully saturated rings. The van der Waals surface area contributed by atoms with E-state index in [9.17, 15) is 30.3 Å². The number of aliphatic carboxylic acids is 1. The van der Waals surface area contributed by atoms with Crippen molar-refractivity contribution < 1.29 is 107 Å². The van der Waals surface area contributed by atoms with E-state index in [1.807, 2.05) is 0 Å². The summed E-state index contributed by atoms with van der Waals surface area (Å²) in [6.07, 6.45) is -12.0. The fraction of sp³-hybridized carbons (Fsp3) is 0.923. The zero-order valence-electron chi connectivity index (χ0n) is 14.1. The van der Waals surface area contributed by atoms with E-state index in [4.69, 9.17) is 24.8 Å². The molecule has 0 saturated carbocycles. The summed E-state index contributed by atoms with van der Waals surface area (Å²) in [5.41, 5.74) is 0. The van der Waals surface area contributed by atoms with Crippen LogP contribution in [0.15, 0.2) is 0 Å². The van der Waals surface area contributed by atoms with Gasteiger partial charge in [0.25, 0.3) is 0 Å². The smallest absolute Gasteiger partial charge is 0.547 e. The summed E-state index contributed by atoms with van der Waals surface area (Å²) in [5, 5.41) is 75.9. The maximum Gasteiger partial charge on any atom is 1.00 e. The molecule has 0 saturated heterocycles. The second-order valence-electron chi connectivity index (χ2n) is 5.16. The molecule has 12 heteroatoms. The van der Waals surface area contributed by atoms with Gasteiger partial charge in [0, 0.05) is 6.61 Å². The van der Waals surface area contributed by atoms with Gasteiger partial charge >= 0.3 is 51.4 Å². The molecule has 0 rings (SSSR count). The fourth-order valence-corrected chi connectivity index (χ4v) is 1.74. The molecule has 7 N–H and O–H groups in total. The molecule has 144 valence electrons. The molecule has 11 nitrogen and oxygen atoms in total. The number of carbonyl (C=O) groups is 1. The minimum absolute atomic E-state index is 0. The first-order chi connectivity index (χ1) is 11.2. The van der Waals surface area contributed by atoms with Gasteiger partial charge in [-0.05, 0) is 13.3 Å². The van der Waals surface area contributed by atoms with Crippen molar-refractivity contribution in [3.63, 3.8) is 0 Å². The Morgan fingerprint density at radius 1 is 1.00 bits per heavy atom. The van der Waals surface area contributed by atoms with Gasteiger partial charge in [-0.2, -0.15) is 0 Å². The molecule has 0 amide bonds. The van der Waals surface area contributed by atoms with E-state index in [1.54, 1.807) is 0 Å². The van der Waals surface area contributed by atoms with Gasteiger partial charge in [0.2, 0.25) is 0 Å². The molecular weight excluding hydrogens is 371 g/mol. The summed E-state index contributed by atoms with van der Waals surface area (Å²) in [7, 11) is 0. The number of hydrogen-bond acceptors (Lipinski definition) is 11. The number of carboxylic acids is 1. The third-order valence-electron chi connectivity index (χ3n) is 3.20. The van der Waals surface area contributed by atoms with Crippen LogP contribution in [0.2, 0.25) is 0 Å². The molecule has 0 bridgehead atoms. The summed E-state index contributed by atoms with van der Waals surface area (Å²) >= 11 is 0. The zero-order valence-corrected chi connectivity index (χ0v) is 17.3. The van der Waals surface area contributed by atoms with E-state index in [0.29, 0.717) is 0 Å². The van der Waals surface area contributed by atoms with E-state index in [2.05, 4.69) is 0 Å². The van der Waals surface area contributed by atoms with Crippen LogP contribution < -0.4 is 56.5 Å². The van der Waals surface area contributed by atoms with Gasteiger partial charge in [-0.25, -0.2) is 0 Å². The van der Waals surface area contributed by atoms with Crippen LogP contribution in [0.4, 0.5) is 0 Å². The number of hydrogen-bond donors (Lipinski definition) is 7. The molecule has 0 aromatic heterocycles. The van der Waals surface area contributed by atoms with Crippen LogP contribution in [0.3, 0.4) is 0 Å². The Bertz CT molecular complexity index is 357. The number of carbonyl (C=O) groups excluding carboxylic acids is 1. The van der Waals surface area contributed by atoms with Gasteiger partial charge in [0.15, 0.2) is 6.29 Å². The van der Waals surface area contributed by atoms with Crippen LogP contribution >= 0.6 is 0 Å². The molecule has 0 aromatic rings. The van der Waals surface area contributed by atoms with Gasteiger partial charge in [0.05, 0.1) is 31.4 Å². The molecule has 0 aliphatic carbocycles. The van der Waals surface area contributed by atoms with Gasteiger partial charge in [0.1, 0.15) is 24.4 Å². The zero-order chi connectivity index (χ0) is 18.9. The van der Waals surface area contributed by atoms with E-state index >= 15 is 0 Å². The molecule has 0 spiro atoms. The van der Waals surface area contributed by atoms with Gasteiger partial charge in [-0.1, -0.05) is 0 Å². The van der Waals surface area contributed by atoms with Crippen LogP contribution in [0, 0.1) is 0 Å². The molecule has 0 aromatic carbocycles. The Labute approximate surface area is 187 Å². The van der Waals surface area contributed by atoms with E-state index in [1.165, 1.54) is 6.92 Å². The molecular formula is C13H25KO11. The predicted octanol–water partition coefficient (Wildman–Crippen LogP) is -8.33. The Kier molecular flexibility index (Phi) is 16.5. The normalized spacial score (nSPS) is 19.8. The third kappa shape index (κ3) is 10.0. The summed E-state index contributed by atoms with van der Waals surface area (Å²) in [6, 6.07) is 0. The molecule has 25 heavy (non-hydrogen) atoms.